The Bertz CT molecular complexity index is 600. The number of aromatic nitrogens is 3. The van der Waals surface area contributed by atoms with E-state index >= 15 is 0 Å². The van der Waals surface area contributed by atoms with Crippen molar-refractivity contribution in [2.45, 2.75) is 29.6 Å². The van der Waals surface area contributed by atoms with E-state index in [-0.39, 0.29) is 11.9 Å². The van der Waals surface area contributed by atoms with Crippen molar-refractivity contribution in [2.24, 2.45) is 0 Å². The van der Waals surface area contributed by atoms with Gasteiger partial charge >= 0.3 is 0 Å². The highest BCUT2D eigenvalue weighted by molar-refractivity contribution is 8.01. The number of anilines is 1. The van der Waals surface area contributed by atoms with Gasteiger partial charge in [0.25, 0.3) is 0 Å². The number of piperidine rings is 1. The van der Waals surface area contributed by atoms with Crippen LogP contribution in [0.3, 0.4) is 0 Å². The summed E-state index contributed by atoms with van der Waals surface area (Å²) in [4.78, 5) is 18.8. The van der Waals surface area contributed by atoms with Crippen LogP contribution in [0.2, 0.25) is 0 Å². The zero-order valence-electron chi connectivity index (χ0n) is 11.3. The number of hydrogen-bond donors (Lipinski definition) is 1. The standard InChI is InChI=1S/C12H15N5OS3/c13-11-15-16-12(21-11)20-7-9(18)17-5-2-1-3-8(17)10-14-4-6-19-10/h4,6,8H,1-3,5,7H2,(H2,13,15)/t8-/m0/s1. The molecule has 3 heterocycles. The number of hydrogen-bond acceptors (Lipinski definition) is 8. The molecule has 1 aliphatic rings. The zero-order valence-corrected chi connectivity index (χ0v) is 13.7. The number of carbonyl (C=O) groups is 1. The summed E-state index contributed by atoms with van der Waals surface area (Å²) in [6.07, 6.45) is 5.00. The van der Waals surface area contributed by atoms with Gasteiger partial charge in [0.05, 0.1) is 11.8 Å². The smallest absolute Gasteiger partial charge is 0.233 e. The third-order valence-electron chi connectivity index (χ3n) is 3.30. The maximum absolute atomic E-state index is 12.5. The Labute approximate surface area is 134 Å². The lowest BCUT2D eigenvalue weighted by molar-refractivity contribution is -0.132. The molecule has 0 aromatic carbocycles. The van der Waals surface area contributed by atoms with Crippen molar-refractivity contribution in [3.8, 4) is 0 Å². The first-order chi connectivity index (χ1) is 10.2. The third kappa shape index (κ3) is 3.53. The fourth-order valence-corrected chi connectivity index (χ4v) is 4.68. The van der Waals surface area contributed by atoms with E-state index in [0.717, 1.165) is 35.2 Å². The Kier molecular flexibility index (Phi) is 4.71. The summed E-state index contributed by atoms with van der Waals surface area (Å²) in [5.74, 6) is 0.505. The molecule has 2 aromatic heterocycles. The largest absolute Gasteiger partial charge is 0.374 e. The lowest BCUT2D eigenvalue weighted by Gasteiger charge is -2.34. The van der Waals surface area contributed by atoms with Crippen LogP contribution in [-0.4, -0.2) is 38.3 Å². The average molecular weight is 341 g/mol. The highest BCUT2D eigenvalue weighted by atomic mass is 32.2. The SMILES string of the molecule is Nc1nnc(SCC(=O)N2CCCC[C@H]2c2nccs2)s1. The van der Waals surface area contributed by atoms with Crippen molar-refractivity contribution in [2.75, 3.05) is 18.0 Å². The summed E-state index contributed by atoms with van der Waals surface area (Å²) >= 11 is 4.33. The van der Waals surface area contributed by atoms with E-state index in [2.05, 4.69) is 15.2 Å². The predicted octanol–water partition coefficient (Wildman–Crippen LogP) is 2.42. The molecule has 0 spiro atoms. The van der Waals surface area contributed by atoms with Crippen molar-refractivity contribution in [3.63, 3.8) is 0 Å². The third-order valence-corrected chi connectivity index (χ3v) is 6.05. The van der Waals surface area contributed by atoms with Gasteiger partial charge in [-0.05, 0) is 19.3 Å². The molecule has 0 saturated carbocycles. The lowest BCUT2D eigenvalue weighted by atomic mass is 10.0. The summed E-state index contributed by atoms with van der Waals surface area (Å²) in [6, 6.07) is 0.131. The van der Waals surface area contributed by atoms with Crippen LogP contribution in [0.25, 0.3) is 0 Å². The Morgan fingerprint density at radius 2 is 2.38 bits per heavy atom. The summed E-state index contributed by atoms with van der Waals surface area (Å²) in [5.41, 5.74) is 5.54. The van der Waals surface area contributed by atoms with E-state index in [1.807, 2.05) is 10.3 Å². The zero-order chi connectivity index (χ0) is 14.7. The average Bonchev–Trinajstić information content (AvgIpc) is 3.16. The summed E-state index contributed by atoms with van der Waals surface area (Å²) in [6.45, 7) is 0.807. The van der Waals surface area contributed by atoms with Crippen molar-refractivity contribution in [1.82, 2.24) is 20.1 Å². The van der Waals surface area contributed by atoms with Gasteiger partial charge < -0.3 is 10.6 Å². The van der Waals surface area contributed by atoms with Crippen molar-refractivity contribution in [1.29, 1.82) is 0 Å². The van der Waals surface area contributed by atoms with Gasteiger partial charge in [0.2, 0.25) is 11.0 Å². The number of nitrogen functional groups attached to an aromatic ring is 1. The first-order valence-electron chi connectivity index (χ1n) is 6.64. The predicted molar refractivity (Wildman–Crippen MR) is 85.5 cm³/mol. The molecule has 0 radical (unpaired) electrons. The van der Waals surface area contributed by atoms with Crippen LogP contribution >= 0.6 is 34.4 Å². The number of carbonyl (C=O) groups excluding carboxylic acids is 1. The molecule has 1 saturated heterocycles. The van der Waals surface area contributed by atoms with Gasteiger partial charge in [0.15, 0.2) is 4.34 Å². The number of likely N-dealkylation sites (tertiary alicyclic amines) is 1. The summed E-state index contributed by atoms with van der Waals surface area (Å²) in [5, 5.41) is 11.1. The van der Waals surface area contributed by atoms with E-state index in [0.29, 0.717) is 10.9 Å². The normalized spacial score (nSPS) is 18.9. The van der Waals surface area contributed by atoms with Gasteiger partial charge in [-0.3, -0.25) is 4.79 Å². The van der Waals surface area contributed by atoms with Crippen molar-refractivity contribution in [3.05, 3.63) is 16.6 Å². The lowest BCUT2D eigenvalue weighted by Crippen LogP contribution is -2.39. The Balaban J connectivity index is 1.64. The minimum atomic E-state index is 0.131. The van der Waals surface area contributed by atoms with Gasteiger partial charge in [-0.25, -0.2) is 4.98 Å². The van der Waals surface area contributed by atoms with E-state index in [1.165, 1.54) is 23.1 Å². The van der Waals surface area contributed by atoms with Crippen LogP contribution in [-0.2, 0) is 4.79 Å². The molecule has 9 heteroatoms. The number of amides is 1. The van der Waals surface area contributed by atoms with Crippen LogP contribution in [0.15, 0.2) is 15.9 Å². The highest BCUT2D eigenvalue weighted by Gasteiger charge is 2.29. The molecule has 2 N–H and O–H groups in total. The topological polar surface area (TPSA) is 85.0 Å². The van der Waals surface area contributed by atoms with Gasteiger partial charge in [-0.2, -0.15) is 0 Å². The molecule has 1 aliphatic heterocycles. The molecule has 0 bridgehead atoms. The minimum Gasteiger partial charge on any atom is -0.374 e. The van der Waals surface area contributed by atoms with E-state index < -0.39 is 0 Å². The van der Waals surface area contributed by atoms with Crippen molar-refractivity contribution < 1.29 is 4.79 Å². The molecule has 0 aliphatic carbocycles. The molecule has 6 nitrogen and oxygen atoms in total. The fourth-order valence-electron chi connectivity index (χ4n) is 2.37. The quantitative estimate of drug-likeness (QED) is 0.860. The second-order valence-corrected chi connectivity index (χ2v) is 7.82. The second kappa shape index (κ2) is 6.71. The number of thiazole rings is 1. The molecule has 0 unspecified atom stereocenters. The van der Waals surface area contributed by atoms with Crippen LogP contribution in [0.5, 0.6) is 0 Å². The first kappa shape index (κ1) is 14.7. The van der Waals surface area contributed by atoms with Crippen LogP contribution in [0.1, 0.15) is 30.3 Å². The van der Waals surface area contributed by atoms with E-state index in [9.17, 15) is 4.79 Å². The van der Waals surface area contributed by atoms with Gasteiger partial charge in [-0.15, -0.1) is 21.5 Å². The number of nitrogens with two attached hydrogens (primary N) is 1. The van der Waals surface area contributed by atoms with E-state index in [1.54, 1.807) is 17.5 Å². The van der Waals surface area contributed by atoms with Crippen LogP contribution < -0.4 is 5.73 Å². The summed E-state index contributed by atoms with van der Waals surface area (Å²) in [7, 11) is 0. The highest BCUT2D eigenvalue weighted by Crippen LogP contribution is 2.33. The molecule has 1 amide bonds. The molecule has 1 atom stereocenters. The Morgan fingerprint density at radius 3 is 3.10 bits per heavy atom. The maximum atomic E-state index is 12.5. The Morgan fingerprint density at radius 1 is 1.48 bits per heavy atom. The second-order valence-electron chi connectivity index (χ2n) is 4.66. The first-order valence-corrected chi connectivity index (χ1v) is 9.33. The number of thioether (sulfide) groups is 1. The van der Waals surface area contributed by atoms with Crippen LogP contribution in [0, 0.1) is 0 Å². The fraction of sp³-hybridized carbons (Fsp3) is 0.500. The monoisotopic (exact) mass is 341 g/mol. The molecule has 21 heavy (non-hydrogen) atoms. The molecule has 1 fully saturated rings. The van der Waals surface area contributed by atoms with Crippen molar-refractivity contribution >= 4 is 45.5 Å². The number of rotatable bonds is 4. The van der Waals surface area contributed by atoms with Gasteiger partial charge in [0.1, 0.15) is 5.01 Å². The minimum absolute atomic E-state index is 0.131. The summed E-state index contributed by atoms with van der Waals surface area (Å²) < 4.78 is 0.739. The molecule has 2 aromatic rings. The number of nitrogens with zero attached hydrogens (tertiary/aromatic N) is 4. The van der Waals surface area contributed by atoms with Gasteiger partial charge in [0, 0.05) is 18.1 Å². The van der Waals surface area contributed by atoms with Crippen LogP contribution in [0.4, 0.5) is 5.13 Å². The molecular weight excluding hydrogens is 326 g/mol. The maximum Gasteiger partial charge on any atom is 0.233 e. The van der Waals surface area contributed by atoms with E-state index in [4.69, 9.17) is 5.73 Å². The van der Waals surface area contributed by atoms with Gasteiger partial charge in [-0.1, -0.05) is 23.1 Å². The molecule has 3 rings (SSSR count). The molecule has 112 valence electrons. The molecular formula is C12H15N5OS3. The Hall–Kier alpha value is -1.19.